The molecule has 1 aromatic carbocycles. The molecule has 0 aromatic heterocycles. The summed E-state index contributed by atoms with van der Waals surface area (Å²) in [6.45, 7) is 2.40. The van der Waals surface area contributed by atoms with E-state index in [1.807, 2.05) is 12.1 Å². The van der Waals surface area contributed by atoms with E-state index in [0.29, 0.717) is 16.1 Å². The molecule has 0 unspecified atom stereocenters. The molecule has 0 atom stereocenters. The summed E-state index contributed by atoms with van der Waals surface area (Å²) in [5.74, 6) is 0. The lowest BCUT2D eigenvalue weighted by Crippen LogP contribution is -2.57. The fourth-order valence-electron chi connectivity index (χ4n) is 3.28. The fraction of sp³-hybridized carbons (Fsp3) is 0.571. The molecule has 2 fully saturated rings. The van der Waals surface area contributed by atoms with Crippen LogP contribution in [0.25, 0.3) is 0 Å². The number of halogens is 1. The van der Waals surface area contributed by atoms with Gasteiger partial charge in [-0.3, -0.25) is 0 Å². The van der Waals surface area contributed by atoms with Gasteiger partial charge in [0.1, 0.15) is 0 Å². The van der Waals surface area contributed by atoms with Crippen LogP contribution in [0.2, 0.25) is 5.02 Å². The molecule has 3 heteroatoms. The van der Waals surface area contributed by atoms with Crippen LogP contribution in [-0.2, 0) is 0 Å². The van der Waals surface area contributed by atoms with Crippen molar-refractivity contribution in [3.8, 4) is 0 Å². The Morgan fingerprint density at radius 2 is 1.82 bits per heavy atom. The van der Waals surface area contributed by atoms with Gasteiger partial charge in [-0.1, -0.05) is 30.9 Å². The molecule has 1 saturated carbocycles. The minimum absolute atomic E-state index is 0.617. The van der Waals surface area contributed by atoms with Crippen LogP contribution in [0, 0.1) is 5.41 Å². The van der Waals surface area contributed by atoms with Crippen molar-refractivity contribution in [1.29, 1.82) is 0 Å². The predicted molar refractivity (Wildman–Crippen MR) is 73.6 cm³/mol. The first kappa shape index (κ1) is 11.2. The summed E-state index contributed by atoms with van der Waals surface area (Å²) in [4.78, 5) is 2.43. The van der Waals surface area contributed by atoms with Crippen LogP contribution in [0.3, 0.4) is 0 Å². The summed E-state index contributed by atoms with van der Waals surface area (Å²) < 4.78 is 0. The molecule has 2 aliphatic rings. The van der Waals surface area contributed by atoms with E-state index in [0.717, 1.165) is 0 Å². The highest BCUT2D eigenvalue weighted by atomic mass is 35.5. The van der Waals surface area contributed by atoms with E-state index in [4.69, 9.17) is 17.3 Å². The van der Waals surface area contributed by atoms with Crippen molar-refractivity contribution in [2.24, 2.45) is 5.41 Å². The monoisotopic (exact) mass is 250 g/mol. The van der Waals surface area contributed by atoms with E-state index < -0.39 is 0 Å². The van der Waals surface area contributed by atoms with Gasteiger partial charge < -0.3 is 10.6 Å². The Balaban J connectivity index is 1.70. The number of hydrogen-bond donors (Lipinski definition) is 1. The molecule has 1 aliphatic carbocycles. The molecule has 17 heavy (non-hydrogen) atoms. The average molecular weight is 251 g/mol. The van der Waals surface area contributed by atoms with Gasteiger partial charge in [0.15, 0.2) is 0 Å². The van der Waals surface area contributed by atoms with Gasteiger partial charge in [0, 0.05) is 24.2 Å². The van der Waals surface area contributed by atoms with Crippen molar-refractivity contribution < 1.29 is 0 Å². The van der Waals surface area contributed by atoms with Crippen LogP contribution in [0.5, 0.6) is 0 Å². The number of nitrogen functional groups attached to an aromatic ring is 1. The molecule has 1 heterocycles. The summed E-state index contributed by atoms with van der Waals surface area (Å²) >= 11 is 6.06. The molecule has 1 aromatic rings. The van der Waals surface area contributed by atoms with Crippen molar-refractivity contribution in [3.05, 3.63) is 23.2 Å². The van der Waals surface area contributed by atoms with Gasteiger partial charge >= 0.3 is 0 Å². The fourth-order valence-corrected chi connectivity index (χ4v) is 3.45. The number of nitrogens with zero attached hydrogens (tertiary/aromatic N) is 1. The molecule has 1 aliphatic heterocycles. The van der Waals surface area contributed by atoms with Gasteiger partial charge in [-0.2, -0.15) is 0 Å². The lowest BCUT2D eigenvalue weighted by atomic mass is 9.68. The Labute approximate surface area is 108 Å². The third kappa shape index (κ3) is 1.99. The molecule has 2 N–H and O–H groups in total. The lowest BCUT2D eigenvalue weighted by molar-refractivity contribution is 0.139. The number of benzene rings is 1. The first-order valence-electron chi connectivity index (χ1n) is 6.49. The van der Waals surface area contributed by atoms with Crippen LogP contribution in [-0.4, -0.2) is 13.1 Å². The van der Waals surface area contributed by atoms with Crippen molar-refractivity contribution in [3.63, 3.8) is 0 Å². The summed E-state index contributed by atoms with van der Waals surface area (Å²) in [7, 11) is 0. The molecule has 0 amide bonds. The summed E-state index contributed by atoms with van der Waals surface area (Å²) in [5.41, 5.74) is 8.24. The van der Waals surface area contributed by atoms with Crippen LogP contribution in [0.4, 0.5) is 11.4 Å². The number of rotatable bonds is 1. The Morgan fingerprint density at radius 1 is 1.12 bits per heavy atom. The molecule has 3 rings (SSSR count). The highest BCUT2D eigenvalue weighted by Gasteiger charge is 2.43. The zero-order chi connectivity index (χ0) is 11.9. The van der Waals surface area contributed by atoms with Crippen LogP contribution < -0.4 is 10.6 Å². The average Bonchev–Trinajstić information content (AvgIpc) is 2.31. The van der Waals surface area contributed by atoms with Gasteiger partial charge in [-0.05, 0) is 31.0 Å². The maximum Gasteiger partial charge on any atom is 0.0656 e. The summed E-state index contributed by atoms with van der Waals surface area (Å²) in [6.07, 6.45) is 7.07. The number of nitrogens with two attached hydrogens (primary N) is 1. The Kier molecular flexibility index (Phi) is 2.70. The standard InChI is InChI=1S/C14H19ClN2/c15-12-8-11(4-5-13(12)16)17-9-14(10-17)6-2-1-3-7-14/h4-5,8H,1-3,6-7,9-10,16H2. The van der Waals surface area contributed by atoms with Gasteiger partial charge in [0.05, 0.1) is 10.7 Å². The Bertz CT molecular complexity index is 416. The molecule has 92 valence electrons. The van der Waals surface area contributed by atoms with Crippen LogP contribution in [0.15, 0.2) is 18.2 Å². The normalized spacial score (nSPS) is 22.5. The lowest BCUT2D eigenvalue weighted by Gasteiger charge is -2.53. The van der Waals surface area contributed by atoms with Gasteiger partial charge in [0.25, 0.3) is 0 Å². The minimum atomic E-state index is 0.617. The minimum Gasteiger partial charge on any atom is -0.398 e. The number of anilines is 2. The smallest absolute Gasteiger partial charge is 0.0656 e. The maximum atomic E-state index is 6.06. The van der Waals surface area contributed by atoms with Gasteiger partial charge in [-0.25, -0.2) is 0 Å². The molecule has 1 spiro atoms. The molecule has 2 nitrogen and oxygen atoms in total. The summed E-state index contributed by atoms with van der Waals surface area (Å²) in [6, 6.07) is 5.98. The molecular weight excluding hydrogens is 232 g/mol. The Morgan fingerprint density at radius 3 is 2.47 bits per heavy atom. The second-order valence-electron chi connectivity index (χ2n) is 5.62. The van der Waals surface area contributed by atoms with Crippen molar-refractivity contribution in [2.75, 3.05) is 23.7 Å². The van der Waals surface area contributed by atoms with E-state index in [2.05, 4.69) is 11.0 Å². The van der Waals surface area contributed by atoms with E-state index in [9.17, 15) is 0 Å². The summed E-state index contributed by atoms with van der Waals surface area (Å²) in [5, 5.41) is 0.673. The third-order valence-corrected chi connectivity index (χ3v) is 4.64. The zero-order valence-electron chi connectivity index (χ0n) is 10.1. The van der Waals surface area contributed by atoms with E-state index in [1.54, 1.807) is 0 Å². The van der Waals surface area contributed by atoms with E-state index >= 15 is 0 Å². The third-order valence-electron chi connectivity index (χ3n) is 4.32. The SMILES string of the molecule is Nc1ccc(N2CC3(CCCCC3)C2)cc1Cl. The molecular formula is C14H19ClN2. The predicted octanol–water partition coefficient (Wildman–Crippen LogP) is 3.69. The first-order valence-corrected chi connectivity index (χ1v) is 6.86. The van der Waals surface area contributed by atoms with Crippen LogP contribution >= 0.6 is 11.6 Å². The van der Waals surface area contributed by atoms with Crippen molar-refractivity contribution in [1.82, 2.24) is 0 Å². The second-order valence-corrected chi connectivity index (χ2v) is 6.03. The zero-order valence-corrected chi connectivity index (χ0v) is 10.8. The topological polar surface area (TPSA) is 29.3 Å². The highest BCUT2D eigenvalue weighted by molar-refractivity contribution is 6.33. The van der Waals surface area contributed by atoms with Crippen molar-refractivity contribution >= 4 is 23.0 Å². The van der Waals surface area contributed by atoms with E-state index in [-0.39, 0.29) is 0 Å². The molecule has 1 saturated heterocycles. The quantitative estimate of drug-likeness (QED) is 0.771. The van der Waals surface area contributed by atoms with Crippen LogP contribution in [0.1, 0.15) is 32.1 Å². The molecule has 0 radical (unpaired) electrons. The largest absolute Gasteiger partial charge is 0.398 e. The van der Waals surface area contributed by atoms with Gasteiger partial charge in [0.2, 0.25) is 0 Å². The Hall–Kier alpha value is -0.890. The van der Waals surface area contributed by atoms with Gasteiger partial charge in [-0.15, -0.1) is 0 Å². The van der Waals surface area contributed by atoms with E-state index in [1.165, 1.54) is 50.9 Å². The highest BCUT2D eigenvalue weighted by Crippen LogP contribution is 2.45. The second kappa shape index (κ2) is 4.09. The number of hydrogen-bond acceptors (Lipinski definition) is 2. The first-order chi connectivity index (χ1) is 8.19. The maximum absolute atomic E-state index is 6.06. The van der Waals surface area contributed by atoms with Crippen molar-refractivity contribution in [2.45, 2.75) is 32.1 Å². The molecule has 0 bridgehead atoms.